The molecule has 3 nitrogen and oxygen atoms in total. The van der Waals surface area contributed by atoms with Gasteiger partial charge in [0.25, 0.3) is 0 Å². The molecule has 0 amide bonds. The van der Waals surface area contributed by atoms with Crippen molar-refractivity contribution in [2.45, 2.75) is 105 Å². The van der Waals surface area contributed by atoms with Crippen LogP contribution in [-0.4, -0.2) is 17.4 Å². The molecule has 0 aromatic carbocycles. The normalized spacial score (nSPS) is 44.3. The van der Waals surface area contributed by atoms with Crippen LogP contribution in [0.4, 0.5) is 0 Å². The highest BCUT2D eigenvalue weighted by atomic mass is 16.4. The van der Waals surface area contributed by atoms with Crippen molar-refractivity contribution >= 4 is 12.2 Å². The van der Waals surface area contributed by atoms with E-state index in [2.05, 4.69) is 38.8 Å². The first-order valence-electron chi connectivity index (χ1n) is 13.3. The molecule has 174 valence electrons. The number of nitrogens with zero attached hydrogens (tertiary/aromatic N) is 1. The molecule has 4 saturated carbocycles. The van der Waals surface area contributed by atoms with Crippen molar-refractivity contribution in [2.24, 2.45) is 57.4 Å². The first-order valence-corrected chi connectivity index (χ1v) is 13.3. The Kier molecular flexibility index (Phi) is 6.74. The fourth-order valence-corrected chi connectivity index (χ4v) is 9.40. The number of hydrogen-bond acceptors (Lipinski definition) is 3. The van der Waals surface area contributed by atoms with E-state index in [-0.39, 0.29) is 0 Å². The predicted molar refractivity (Wildman–Crippen MR) is 127 cm³/mol. The van der Waals surface area contributed by atoms with Gasteiger partial charge in [-0.25, -0.2) is 4.79 Å². The number of fused-ring (bicyclic) bond motifs is 5. The minimum Gasteiger partial charge on any atom is -0.411 e. The Morgan fingerprint density at radius 2 is 1.84 bits per heavy atom. The second-order valence-electron chi connectivity index (χ2n) is 12.4. The maximum atomic E-state index is 12.0. The molecule has 0 aliphatic heterocycles. The van der Waals surface area contributed by atoms with Crippen LogP contribution >= 0.6 is 0 Å². The number of rotatable bonds is 6. The van der Waals surface area contributed by atoms with Crippen molar-refractivity contribution in [1.29, 1.82) is 0 Å². The van der Waals surface area contributed by atoms with Gasteiger partial charge in [0.2, 0.25) is 0 Å². The van der Waals surface area contributed by atoms with E-state index in [0.717, 1.165) is 42.1 Å². The molecule has 0 spiro atoms. The molecular weight excluding hydrogens is 382 g/mol. The Bertz CT molecular complexity index is 725. The van der Waals surface area contributed by atoms with Gasteiger partial charge in [0, 0.05) is 11.8 Å². The maximum absolute atomic E-state index is 12.0. The molecule has 4 fully saturated rings. The summed E-state index contributed by atoms with van der Waals surface area (Å²) >= 11 is 0. The Labute approximate surface area is 190 Å². The van der Waals surface area contributed by atoms with Gasteiger partial charge in [0.15, 0.2) is 0 Å². The van der Waals surface area contributed by atoms with Crippen molar-refractivity contribution in [1.82, 2.24) is 0 Å². The second-order valence-corrected chi connectivity index (χ2v) is 12.4. The van der Waals surface area contributed by atoms with E-state index in [1.165, 1.54) is 64.2 Å². The maximum Gasteiger partial charge on any atom is 0.123 e. The van der Waals surface area contributed by atoms with Crippen LogP contribution in [0.1, 0.15) is 105 Å². The smallest absolute Gasteiger partial charge is 0.123 e. The minimum absolute atomic E-state index is 0.351. The van der Waals surface area contributed by atoms with Crippen LogP contribution in [0.5, 0.6) is 0 Å². The Morgan fingerprint density at radius 3 is 2.58 bits per heavy atom. The highest BCUT2D eigenvalue weighted by molar-refractivity contribution is 5.59. The lowest BCUT2D eigenvalue weighted by Gasteiger charge is -2.60. The van der Waals surface area contributed by atoms with Gasteiger partial charge in [-0.15, -0.1) is 5.16 Å². The van der Waals surface area contributed by atoms with Crippen LogP contribution in [-0.2, 0) is 4.79 Å². The van der Waals surface area contributed by atoms with E-state index in [1.54, 1.807) is 6.21 Å². The lowest BCUT2D eigenvalue weighted by atomic mass is 9.43. The molecule has 3 heteroatoms. The molecule has 3 unspecified atom stereocenters. The van der Waals surface area contributed by atoms with Gasteiger partial charge in [0.1, 0.15) is 5.94 Å². The Hall–Kier alpha value is -1.08. The quantitative estimate of drug-likeness (QED) is 0.209. The number of oxime groups is 1. The van der Waals surface area contributed by atoms with Crippen molar-refractivity contribution in [2.75, 3.05) is 0 Å². The topological polar surface area (TPSA) is 49.7 Å². The van der Waals surface area contributed by atoms with E-state index in [9.17, 15) is 4.79 Å². The summed E-state index contributed by atoms with van der Waals surface area (Å²) in [6, 6.07) is 0. The molecule has 4 rings (SSSR count). The summed E-state index contributed by atoms with van der Waals surface area (Å²) in [5, 5.41) is 12.0. The van der Waals surface area contributed by atoms with E-state index in [4.69, 9.17) is 5.21 Å². The van der Waals surface area contributed by atoms with Crippen LogP contribution in [0, 0.1) is 52.3 Å². The van der Waals surface area contributed by atoms with Gasteiger partial charge >= 0.3 is 0 Å². The fraction of sp³-hybridized carbons (Fsp3) is 0.893. The monoisotopic (exact) mass is 427 g/mol. The lowest BCUT2D eigenvalue weighted by Crippen LogP contribution is -2.53. The summed E-state index contributed by atoms with van der Waals surface area (Å²) in [7, 11) is 0. The molecular formula is C28H45NO2. The van der Waals surface area contributed by atoms with Gasteiger partial charge in [-0.2, -0.15) is 0 Å². The third-order valence-electron chi connectivity index (χ3n) is 10.9. The predicted octanol–water partition coefficient (Wildman–Crippen LogP) is 7.31. The van der Waals surface area contributed by atoms with Gasteiger partial charge in [-0.1, -0.05) is 53.4 Å². The summed E-state index contributed by atoms with van der Waals surface area (Å²) < 4.78 is 0. The molecule has 9 atom stereocenters. The highest BCUT2D eigenvalue weighted by Gasteiger charge is 2.61. The highest BCUT2D eigenvalue weighted by Crippen LogP contribution is 2.69. The largest absolute Gasteiger partial charge is 0.411 e. The Balaban J connectivity index is 1.48. The zero-order valence-corrected chi connectivity index (χ0v) is 20.4. The SMILES string of the molecule is CC(C=NO)CCCC(C)[C@H]1CC[C@H]2[C@@H]3CC(=C=O)C4CCCC[C@]4(C)[C@H]3CC[C@]12C. The molecule has 0 bridgehead atoms. The van der Waals surface area contributed by atoms with Crippen molar-refractivity contribution in [3.05, 3.63) is 5.57 Å². The molecule has 0 aromatic heterocycles. The first-order chi connectivity index (χ1) is 14.8. The van der Waals surface area contributed by atoms with Crippen LogP contribution in [0.2, 0.25) is 0 Å². The number of allylic oxidation sites excluding steroid dienone is 1. The molecule has 31 heavy (non-hydrogen) atoms. The molecule has 0 aromatic rings. The third kappa shape index (κ3) is 3.94. The van der Waals surface area contributed by atoms with Gasteiger partial charge < -0.3 is 5.21 Å². The molecule has 4 aliphatic rings. The Morgan fingerprint density at radius 1 is 1.06 bits per heavy atom. The molecule has 4 aliphatic carbocycles. The van der Waals surface area contributed by atoms with Gasteiger partial charge in [0.05, 0.1) is 0 Å². The van der Waals surface area contributed by atoms with Gasteiger partial charge in [-0.3, -0.25) is 0 Å². The third-order valence-corrected chi connectivity index (χ3v) is 10.9. The standard InChI is InChI=1S/C28H45NO2/c1-19(17-29-31)8-7-9-20(2)23-11-12-25-22-16-21(18-30)24-10-5-6-14-27(24,3)26(22)13-15-28(23,25)4/h17,19-20,22-26,31H,5-16H2,1-4H3/t19?,20?,22-,23+,24?,25-,26-,27-,28+/m0/s1. The van der Waals surface area contributed by atoms with Crippen molar-refractivity contribution < 1.29 is 10.0 Å². The van der Waals surface area contributed by atoms with E-state index >= 15 is 0 Å². The average Bonchev–Trinajstić information content (AvgIpc) is 3.10. The van der Waals surface area contributed by atoms with E-state index in [0.29, 0.717) is 28.6 Å². The first kappa shape index (κ1) is 23.1. The van der Waals surface area contributed by atoms with Crippen molar-refractivity contribution in [3.63, 3.8) is 0 Å². The zero-order valence-electron chi connectivity index (χ0n) is 20.4. The van der Waals surface area contributed by atoms with E-state index < -0.39 is 0 Å². The summed E-state index contributed by atoms with van der Waals surface area (Å²) in [5.41, 5.74) is 1.96. The van der Waals surface area contributed by atoms with Crippen LogP contribution < -0.4 is 0 Å². The summed E-state index contributed by atoms with van der Waals surface area (Å²) in [4.78, 5) is 12.0. The van der Waals surface area contributed by atoms with Crippen LogP contribution in [0.15, 0.2) is 10.7 Å². The summed E-state index contributed by atoms with van der Waals surface area (Å²) in [6.07, 6.45) is 17.0. The van der Waals surface area contributed by atoms with Crippen molar-refractivity contribution in [3.8, 4) is 0 Å². The molecule has 1 N–H and O–H groups in total. The molecule has 0 radical (unpaired) electrons. The molecule has 0 saturated heterocycles. The summed E-state index contributed by atoms with van der Waals surface area (Å²) in [6.45, 7) is 9.78. The molecule has 0 heterocycles. The fourth-order valence-electron chi connectivity index (χ4n) is 9.40. The second kappa shape index (κ2) is 9.05. The van der Waals surface area contributed by atoms with Crippen LogP contribution in [0.25, 0.3) is 0 Å². The average molecular weight is 428 g/mol. The zero-order chi connectivity index (χ0) is 22.2. The van der Waals surface area contributed by atoms with Gasteiger partial charge in [-0.05, 0) is 104 Å². The minimum atomic E-state index is 0.351. The number of carbonyl (C=O) groups excluding carboxylic acids is 1. The summed E-state index contributed by atoms with van der Waals surface area (Å²) in [5.74, 6) is 7.26. The van der Waals surface area contributed by atoms with Crippen LogP contribution in [0.3, 0.4) is 0 Å². The lowest BCUT2D eigenvalue weighted by molar-refractivity contribution is -0.0934. The number of hydrogen-bond donors (Lipinski definition) is 1. The van der Waals surface area contributed by atoms with E-state index in [1.807, 2.05) is 0 Å².